The van der Waals surface area contributed by atoms with Gasteiger partial charge >= 0.3 is 5.97 Å². The highest BCUT2D eigenvalue weighted by atomic mass is 79.9. The van der Waals surface area contributed by atoms with E-state index < -0.39 is 18.5 Å². The number of nitrogens with one attached hydrogen (secondary N) is 1. The Morgan fingerprint density at radius 2 is 2.20 bits per heavy atom. The molecule has 8 heteroatoms. The molecule has 0 radical (unpaired) electrons. The van der Waals surface area contributed by atoms with Gasteiger partial charge in [0.2, 0.25) is 0 Å². The van der Waals surface area contributed by atoms with Crippen LogP contribution in [-0.2, 0) is 16.6 Å². The summed E-state index contributed by atoms with van der Waals surface area (Å²) < 4.78 is 7.11. The molecule has 1 amide bonds. The summed E-state index contributed by atoms with van der Waals surface area (Å²) in [7, 11) is 1.68. The molecule has 0 aromatic carbocycles. The minimum Gasteiger partial charge on any atom is -0.451 e. The van der Waals surface area contributed by atoms with Gasteiger partial charge in [0.15, 0.2) is 12.3 Å². The van der Waals surface area contributed by atoms with E-state index in [9.17, 15) is 9.59 Å². The molecule has 0 saturated heterocycles. The van der Waals surface area contributed by atoms with Crippen molar-refractivity contribution in [3.63, 3.8) is 0 Å². The van der Waals surface area contributed by atoms with Crippen molar-refractivity contribution in [3.8, 4) is 0 Å². The van der Waals surface area contributed by atoms with Crippen molar-refractivity contribution in [3.05, 3.63) is 40.8 Å². The highest BCUT2D eigenvalue weighted by Crippen LogP contribution is 2.10. The molecule has 20 heavy (non-hydrogen) atoms. The van der Waals surface area contributed by atoms with Crippen LogP contribution in [0.3, 0.4) is 0 Å². The van der Waals surface area contributed by atoms with Crippen LogP contribution in [0.4, 0.5) is 5.82 Å². The molecule has 0 atom stereocenters. The van der Waals surface area contributed by atoms with Crippen molar-refractivity contribution in [2.45, 2.75) is 0 Å². The van der Waals surface area contributed by atoms with E-state index in [4.69, 9.17) is 4.74 Å². The maximum atomic E-state index is 11.6. The van der Waals surface area contributed by atoms with Crippen LogP contribution in [-0.4, -0.2) is 33.2 Å². The molecule has 7 nitrogen and oxygen atoms in total. The van der Waals surface area contributed by atoms with Crippen LogP contribution >= 0.6 is 15.9 Å². The molecular weight excluding hydrogens is 328 g/mol. The number of carbonyl (C=O) groups is 2. The summed E-state index contributed by atoms with van der Waals surface area (Å²) in [6.45, 7) is -0.396. The van der Waals surface area contributed by atoms with Crippen LogP contribution in [0, 0.1) is 0 Å². The van der Waals surface area contributed by atoms with E-state index in [1.165, 1.54) is 10.7 Å². The van der Waals surface area contributed by atoms with Crippen molar-refractivity contribution in [1.29, 1.82) is 0 Å². The number of anilines is 1. The van der Waals surface area contributed by atoms with E-state index in [2.05, 4.69) is 31.3 Å². The molecule has 0 aliphatic carbocycles. The average molecular weight is 339 g/mol. The molecule has 0 aliphatic rings. The summed E-state index contributed by atoms with van der Waals surface area (Å²) in [5, 5.41) is 6.38. The SMILES string of the molecule is Cn1ccc(C(=O)OCC(=O)Nc2ccc(Br)cn2)n1. The van der Waals surface area contributed by atoms with Gasteiger partial charge in [-0.2, -0.15) is 5.10 Å². The Kier molecular flexibility index (Phi) is 4.46. The van der Waals surface area contributed by atoms with Crippen molar-refractivity contribution in [1.82, 2.24) is 14.8 Å². The lowest BCUT2D eigenvalue weighted by molar-refractivity contribution is -0.119. The van der Waals surface area contributed by atoms with Gasteiger partial charge in [-0.15, -0.1) is 0 Å². The number of hydrogen-bond acceptors (Lipinski definition) is 5. The fourth-order valence-electron chi connectivity index (χ4n) is 1.36. The first-order valence-corrected chi connectivity index (χ1v) is 6.42. The highest BCUT2D eigenvalue weighted by molar-refractivity contribution is 9.10. The van der Waals surface area contributed by atoms with Crippen molar-refractivity contribution in [2.75, 3.05) is 11.9 Å². The molecule has 0 spiro atoms. The number of esters is 1. The number of pyridine rings is 1. The summed E-state index contributed by atoms with van der Waals surface area (Å²) >= 11 is 3.24. The third-order valence-electron chi connectivity index (χ3n) is 2.25. The lowest BCUT2D eigenvalue weighted by Crippen LogP contribution is -2.21. The number of hydrogen-bond donors (Lipinski definition) is 1. The van der Waals surface area contributed by atoms with Gasteiger partial charge in [0.25, 0.3) is 5.91 Å². The number of amides is 1. The zero-order valence-corrected chi connectivity index (χ0v) is 12.1. The number of nitrogens with zero attached hydrogens (tertiary/aromatic N) is 3. The number of carbonyl (C=O) groups excluding carboxylic acids is 2. The summed E-state index contributed by atoms with van der Waals surface area (Å²) in [5.41, 5.74) is 0.155. The van der Waals surface area contributed by atoms with E-state index in [0.717, 1.165) is 4.47 Å². The quantitative estimate of drug-likeness (QED) is 0.851. The Bertz CT molecular complexity index is 624. The monoisotopic (exact) mass is 338 g/mol. The van der Waals surface area contributed by atoms with Crippen LogP contribution in [0.2, 0.25) is 0 Å². The van der Waals surface area contributed by atoms with Crippen LogP contribution < -0.4 is 5.32 Å². The predicted octanol–water partition coefficient (Wildman–Crippen LogP) is 1.37. The molecule has 2 rings (SSSR count). The van der Waals surface area contributed by atoms with Crippen LogP contribution in [0.5, 0.6) is 0 Å². The van der Waals surface area contributed by atoms with Crippen molar-refractivity contribution >= 4 is 33.6 Å². The number of rotatable bonds is 4. The normalized spacial score (nSPS) is 10.1. The molecule has 0 bridgehead atoms. The fourth-order valence-corrected chi connectivity index (χ4v) is 1.59. The van der Waals surface area contributed by atoms with Gasteiger partial charge in [-0.3, -0.25) is 9.48 Å². The molecule has 0 fully saturated rings. The van der Waals surface area contributed by atoms with Crippen LogP contribution in [0.1, 0.15) is 10.5 Å². The van der Waals surface area contributed by atoms with E-state index >= 15 is 0 Å². The fraction of sp³-hybridized carbons (Fsp3) is 0.167. The Balaban J connectivity index is 1.83. The Labute approximate surface area is 123 Å². The standard InChI is InChI=1S/C12H11BrN4O3/c1-17-5-4-9(16-17)12(19)20-7-11(18)15-10-3-2-8(13)6-14-10/h2-6H,7H2,1H3,(H,14,15,18). The lowest BCUT2D eigenvalue weighted by atomic mass is 10.4. The van der Waals surface area contributed by atoms with Gasteiger partial charge in [0.1, 0.15) is 5.82 Å². The maximum absolute atomic E-state index is 11.6. The Hall–Kier alpha value is -2.22. The first kappa shape index (κ1) is 14.2. The minimum absolute atomic E-state index is 0.155. The number of ether oxygens (including phenoxy) is 1. The molecule has 2 heterocycles. The molecule has 0 saturated carbocycles. The van der Waals surface area contributed by atoms with Gasteiger partial charge in [-0.05, 0) is 34.1 Å². The lowest BCUT2D eigenvalue weighted by Gasteiger charge is -2.04. The van der Waals surface area contributed by atoms with Gasteiger partial charge < -0.3 is 10.1 Å². The highest BCUT2D eigenvalue weighted by Gasteiger charge is 2.12. The van der Waals surface area contributed by atoms with Crippen molar-refractivity contribution < 1.29 is 14.3 Å². The molecule has 0 aliphatic heterocycles. The number of aromatic nitrogens is 3. The molecule has 0 unspecified atom stereocenters. The first-order chi connectivity index (χ1) is 9.54. The largest absolute Gasteiger partial charge is 0.451 e. The zero-order valence-electron chi connectivity index (χ0n) is 10.5. The van der Waals surface area contributed by atoms with Crippen LogP contribution in [0.15, 0.2) is 35.1 Å². The second-order valence-corrected chi connectivity index (χ2v) is 4.78. The molecule has 104 valence electrons. The van der Waals surface area contributed by atoms with E-state index in [1.807, 2.05) is 0 Å². The smallest absolute Gasteiger partial charge is 0.359 e. The second-order valence-electron chi connectivity index (χ2n) is 3.86. The van der Waals surface area contributed by atoms with E-state index in [-0.39, 0.29) is 5.69 Å². The van der Waals surface area contributed by atoms with Crippen molar-refractivity contribution in [2.24, 2.45) is 7.05 Å². The van der Waals surface area contributed by atoms with Crippen LogP contribution in [0.25, 0.3) is 0 Å². The summed E-state index contributed by atoms with van der Waals surface area (Å²) in [6.07, 6.45) is 3.16. The Morgan fingerprint density at radius 3 is 2.80 bits per heavy atom. The third-order valence-corrected chi connectivity index (χ3v) is 2.72. The van der Waals surface area contributed by atoms with E-state index in [0.29, 0.717) is 5.82 Å². The van der Waals surface area contributed by atoms with Gasteiger partial charge in [-0.25, -0.2) is 9.78 Å². The second kappa shape index (κ2) is 6.29. The Morgan fingerprint density at radius 1 is 1.40 bits per heavy atom. The average Bonchev–Trinajstić information content (AvgIpc) is 2.85. The topological polar surface area (TPSA) is 86.1 Å². The predicted molar refractivity (Wildman–Crippen MR) is 74.1 cm³/mol. The summed E-state index contributed by atoms with van der Waals surface area (Å²) in [4.78, 5) is 27.1. The van der Waals surface area contributed by atoms with Gasteiger partial charge in [-0.1, -0.05) is 0 Å². The molecular formula is C12H11BrN4O3. The van der Waals surface area contributed by atoms with E-state index in [1.54, 1.807) is 31.6 Å². The minimum atomic E-state index is -0.649. The molecule has 2 aromatic rings. The molecule has 1 N–H and O–H groups in total. The summed E-state index contributed by atoms with van der Waals surface area (Å²) in [6, 6.07) is 4.88. The van der Waals surface area contributed by atoms with Gasteiger partial charge in [0, 0.05) is 23.9 Å². The number of aryl methyl sites for hydroxylation is 1. The number of halogens is 1. The molecule has 2 aromatic heterocycles. The summed E-state index contributed by atoms with van der Waals surface area (Å²) in [5.74, 6) is -0.735. The first-order valence-electron chi connectivity index (χ1n) is 5.63. The third kappa shape index (κ3) is 3.89. The maximum Gasteiger partial charge on any atom is 0.359 e. The zero-order chi connectivity index (χ0) is 14.5. The van der Waals surface area contributed by atoms with Gasteiger partial charge in [0.05, 0.1) is 0 Å².